The lowest BCUT2D eigenvalue weighted by Crippen LogP contribution is -2.27. The Balaban J connectivity index is 1.68. The summed E-state index contributed by atoms with van der Waals surface area (Å²) in [4.78, 5) is 5.02. The van der Waals surface area contributed by atoms with E-state index >= 15 is 0 Å². The molecule has 7 heteroatoms. The highest BCUT2D eigenvalue weighted by atomic mass is 32.2. The van der Waals surface area contributed by atoms with Crippen molar-refractivity contribution in [2.24, 2.45) is 4.99 Å². The molecule has 0 aliphatic heterocycles. The fourth-order valence-electron chi connectivity index (χ4n) is 4.66. The van der Waals surface area contributed by atoms with E-state index in [1.165, 1.54) is 12.1 Å². The van der Waals surface area contributed by atoms with Crippen LogP contribution in [0, 0.1) is 6.92 Å². The van der Waals surface area contributed by atoms with Crippen molar-refractivity contribution in [2.75, 3.05) is 7.11 Å². The molecule has 0 bridgehead atoms. The third-order valence-corrected chi connectivity index (χ3v) is 7.77. The number of rotatable bonds is 7. The first-order chi connectivity index (χ1) is 18.6. The summed E-state index contributed by atoms with van der Waals surface area (Å²) in [5.41, 5.74) is 4.75. The summed E-state index contributed by atoms with van der Waals surface area (Å²) in [5, 5.41) is 11.4. The largest absolute Gasteiger partial charge is 0.497 e. The van der Waals surface area contributed by atoms with E-state index in [-0.39, 0.29) is 10.6 Å². The van der Waals surface area contributed by atoms with E-state index in [1.54, 1.807) is 51.3 Å². The molecule has 0 fully saturated rings. The van der Waals surface area contributed by atoms with E-state index in [0.717, 1.165) is 27.8 Å². The topological polar surface area (TPSA) is 85.2 Å². The van der Waals surface area contributed by atoms with Gasteiger partial charge in [-0.3, -0.25) is 0 Å². The normalized spacial score (nSPS) is 14.4. The Morgan fingerprint density at radius 1 is 0.795 bits per heavy atom. The fraction of sp³-hybridized carbons (Fsp3) is 0.156. The van der Waals surface area contributed by atoms with Crippen LogP contribution in [0.25, 0.3) is 5.57 Å². The third-order valence-electron chi connectivity index (χ3n) is 6.51. The molecule has 39 heavy (non-hydrogen) atoms. The zero-order valence-corrected chi connectivity index (χ0v) is 23.0. The van der Waals surface area contributed by atoms with Gasteiger partial charge in [0.25, 0.3) is 0 Å². The first-order valence-corrected chi connectivity index (χ1v) is 13.9. The number of fused-ring (bicyclic) bond motifs is 1. The summed E-state index contributed by atoms with van der Waals surface area (Å²) in [7, 11) is -2.44. The highest BCUT2D eigenvalue weighted by Crippen LogP contribution is 2.44. The standard InChI is InChI=1S/C32H29NO5S/c1-21-10-17-26(18-11-21)39(35,36)38-25-16-19-27-28(20-25)29(22-8-6-5-7-9-22)30(32(2,3)34)31(27)33-23-12-14-24(37-4)15-13-23/h5-20,34H,1-4H3/b33-31-. The van der Waals surface area contributed by atoms with Gasteiger partial charge < -0.3 is 14.0 Å². The van der Waals surface area contributed by atoms with Crippen LogP contribution in [0.5, 0.6) is 11.5 Å². The van der Waals surface area contributed by atoms with E-state index in [2.05, 4.69) is 0 Å². The lowest BCUT2D eigenvalue weighted by molar-refractivity contribution is 0.127. The number of aryl methyl sites for hydroxylation is 1. The van der Waals surface area contributed by atoms with Crippen molar-refractivity contribution in [1.82, 2.24) is 0 Å². The molecule has 0 radical (unpaired) electrons. The molecule has 0 amide bonds. The van der Waals surface area contributed by atoms with Crippen LogP contribution >= 0.6 is 0 Å². The average molecular weight is 540 g/mol. The molecule has 0 atom stereocenters. The molecule has 1 aliphatic rings. The Labute approximate surface area is 229 Å². The van der Waals surface area contributed by atoms with Crippen LogP contribution in [0.4, 0.5) is 5.69 Å². The summed E-state index contributed by atoms with van der Waals surface area (Å²) in [6.45, 7) is 5.33. The van der Waals surface area contributed by atoms with Gasteiger partial charge in [-0.05, 0) is 92.1 Å². The lowest BCUT2D eigenvalue weighted by Gasteiger charge is -2.22. The number of methoxy groups -OCH3 is 1. The molecule has 0 unspecified atom stereocenters. The summed E-state index contributed by atoms with van der Waals surface area (Å²) in [6, 6.07) is 28.6. The molecule has 4 aromatic carbocycles. The Morgan fingerprint density at radius 2 is 1.44 bits per heavy atom. The van der Waals surface area contributed by atoms with Crippen molar-refractivity contribution < 1.29 is 22.4 Å². The van der Waals surface area contributed by atoms with Gasteiger partial charge >= 0.3 is 10.1 Å². The van der Waals surface area contributed by atoms with Crippen molar-refractivity contribution in [2.45, 2.75) is 31.3 Å². The number of nitrogens with zero attached hydrogens (tertiary/aromatic N) is 1. The zero-order chi connectivity index (χ0) is 27.8. The van der Waals surface area contributed by atoms with Crippen molar-refractivity contribution in [3.63, 3.8) is 0 Å². The fourth-order valence-corrected chi connectivity index (χ4v) is 5.58. The monoisotopic (exact) mass is 539 g/mol. The third kappa shape index (κ3) is 5.37. The minimum Gasteiger partial charge on any atom is -0.497 e. The van der Waals surface area contributed by atoms with E-state index < -0.39 is 15.7 Å². The van der Waals surface area contributed by atoms with Gasteiger partial charge in [0.05, 0.1) is 24.1 Å². The number of ether oxygens (including phenoxy) is 1. The maximum atomic E-state index is 13.0. The quantitative estimate of drug-likeness (QED) is 0.272. The lowest BCUT2D eigenvalue weighted by atomic mass is 9.89. The van der Waals surface area contributed by atoms with Gasteiger partial charge in [0.2, 0.25) is 0 Å². The molecule has 0 aromatic heterocycles. The Hall–Kier alpha value is -4.20. The van der Waals surface area contributed by atoms with E-state index in [9.17, 15) is 13.5 Å². The summed E-state index contributed by atoms with van der Waals surface area (Å²) >= 11 is 0. The first kappa shape index (κ1) is 26.4. The van der Waals surface area contributed by atoms with E-state index in [0.29, 0.717) is 22.7 Å². The van der Waals surface area contributed by atoms with Gasteiger partial charge in [-0.2, -0.15) is 8.42 Å². The van der Waals surface area contributed by atoms with Gasteiger partial charge in [0.1, 0.15) is 16.4 Å². The molecule has 198 valence electrons. The molecule has 1 N–H and O–H groups in total. The smallest absolute Gasteiger partial charge is 0.339 e. The van der Waals surface area contributed by atoms with Crippen molar-refractivity contribution in [3.8, 4) is 11.5 Å². The van der Waals surface area contributed by atoms with Crippen LogP contribution in [-0.4, -0.2) is 31.9 Å². The number of aliphatic hydroxyl groups is 1. The van der Waals surface area contributed by atoms with Crippen LogP contribution in [0.3, 0.4) is 0 Å². The van der Waals surface area contributed by atoms with Gasteiger partial charge in [0.15, 0.2) is 0 Å². The second-order valence-corrected chi connectivity index (χ2v) is 11.4. The molecule has 1 aliphatic carbocycles. The number of benzene rings is 4. The molecule has 4 aromatic rings. The first-order valence-electron chi connectivity index (χ1n) is 12.5. The van der Waals surface area contributed by atoms with Crippen LogP contribution in [0.1, 0.15) is 36.1 Å². The van der Waals surface area contributed by atoms with E-state index in [4.69, 9.17) is 13.9 Å². The molecular weight excluding hydrogens is 510 g/mol. The molecule has 0 spiro atoms. The maximum Gasteiger partial charge on any atom is 0.339 e. The zero-order valence-electron chi connectivity index (χ0n) is 22.2. The van der Waals surface area contributed by atoms with Crippen LogP contribution in [0.2, 0.25) is 0 Å². The second-order valence-electron chi connectivity index (χ2n) is 9.89. The Bertz CT molecular complexity index is 1680. The summed E-state index contributed by atoms with van der Waals surface area (Å²) in [6.07, 6.45) is 0. The van der Waals surface area contributed by atoms with Gasteiger partial charge in [0, 0.05) is 11.1 Å². The Kier molecular flexibility index (Phi) is 6.89. The van der Waals surface area contributed by atoms with Crippen LogP contribution in [0.15, 0.2) is 113 Å². The minimum absolute atomic E-state index is 0.0753. The molecule has 5 rings (SSSR count). The van der Waals surface area contributed by atoms with Crippen LogP contribution < -0.4 is 8.92 Å². The second kappa shape index (κ2) is 10.2. The molecule has 0 saturated carbocycles. The Morgan fingerprint density at radius 3 is 2.05 bits per heavy atom. The minimum atomic E-state index is -4.05. The number of aliphatic imine (C=N–C) groups is 1. The number of hydrogen-bond acceptors (Lipinski definition) is 6. The van der Waals surface area contributed by atoms with Gasteiger partial charge in [-0.25, -0.2) is 4.99 Å². The van der Waals surface area contributed by atoms with Crippen molar-refractivity contribution in [3.05, 3.63) is 125 Å². The van der Waals surface area contributed by atoms with Crippen molar-refractivity contribution >= 4 is 27.1 Å². The predicted octanol–water partition coefficient (Wildman–Crippen LogP) is 6.48. The molecule has 6 nitrogen and oxygen atoms in total. The average Bonchev–Trinajstić information content (AvgIpc) is 3.23. The molecule has 0 heterocycles. The maximum absolute atomic E-state index is 13.0. The van der Waals surface area contributed by atoms with E-state index in [1.807, 2.05) is 61.5 Å². The van der Waals surface area contributed by atoms with Crippen molar-refractivity contribution in [1.29, 1.82) is 0 Å². The molecule has 0 saturated heterocycles. The SMILES string of the molecule is COc1ccc(/N=C2\C(C(C)(C)O)=C(c3ccccc3)c3cc(OS(=O)(=O)c4ccc(C)cc4)ccc32)cc1. The van der Waals surface area contributed by atoms with Gasteiger partial charge in [-0.1, -0.05) is 48.0 Å². The van der Waals surface area contributed by atoms with Crippen LogP contribution in [-0.2, 0) is 10.1 Å². The highest BCUT2D eigenvalue weighted by Gasteiger charge is 2.37. The highest BCUT2D eigenvalue weighted by molar-refractivity contribution is 7.87. The van der Waals surface area contributed by atoms with Gasteiger partial charge in [-0.15, -0.1) is 0 Å². The molecular formula is C32H29NO5S. The summed E-state index contributed by atoms with van der Waals surface area (Å²) in [5.74, 6) is 0.883. The number of hydrogen-bond donors (Lipinski definition) is 1. The predicted molar refractivity (Wildman–Crippen MR) is 153 cm³/mol. The summed E-state index contributed by atoms with van der Waals surface area (Å²) < 4.78 is 36.9.